The zero-order chi connectivity index (χ0) is 23.2. The van der Waals surface area contributed by atoms with Gasteiger partial charge >= 0.3 is 6.03 Å². The Bertz CT molecular complexity index is 1080. The van der Waals surface area contributed by atoms with Crippen molar-refractivity contribution in [1.29, 1.82) is 0 Å². The van der Waals surface area contributed by atoms with Crippen molar-refractivity contribution in [2.45, 2.75) is 6.92 Å². The smallest absolute Gasteiger partial charge is 0.322 e. The lowest BCUT2D eigenvalue weighted by Crippen LogP contribution is -2.50. The molecule has 2 amide bonds. The third kappa shape index (κ3) is 5.22. The Labute approximate surface area is 192 Å². The fraction of sp³-hybridized carbons (Fsp3) is 0.304. The number of pyridine rings is 1. The van der Waals surface area contributed by atoms with Crippen molar-refractivity contribution in [2.24, 2.45) is 0 Å². The number of ether oxygens (including phenoxy) is 2. The van der Waals surface area contributed by atoms with Crippen LogP contribution in [0.4, 0.5) is 27.9 Å². The molecule has 0 atom stereocenters. The van der Waals surface area contributed by atoms with Gasteiger partial charge in [0.25, 0.3) is 0 Å². The number of hydrogen-bond donors (Lipinski definition) is 2. The van der Waals surface area contributed by atoms with Crippen LogP contribution in [0.3, 0.4) is 0 Å². The van der Waals surface area contributed by atoms with E-state index >= 15 is 0 Å². The quantitative estimate of drug-likeness (QED) is 0.591. The van der Waals surface area contributed by atoms with E-state index in [-0.39, 0.29) is 6.03 Å². The molecular weight excluding hydrogens is 422 g/mol. The summed E-state index contributed by atoms with van der Waals surface area (Å²) in [5.74, 6) is 3.17. The van der Waals surface area contributed by atoms with Crippen LogP contribution >= 0.6 is 0 Å². The van der Waals surface area contributed by atoms with Crippen LogP contribution in [0.15, 0.2) is 48.7 Å². The van der Waals surface area contributed by atoms with Crippen molar-refractivity contribution in [3.8, 4) is 11.5 Å². The van der Waals surface area contributed by atoms with Crippen LogP contribution < -0.4 is 25.0 Å². The van der Waals surface area contributed by atoms with Gasteiger partial charge in [-0.3, -0.25) is 0 Å². The predicted octanol–water partition coefficient (Wildman–Crippen LogP) is 3.29. The number of nitrogens with one attached hydrogen (secondary N) is 2. The average Bonchev–Trinajstić information content (AvgIpc) is 2.86. The summed E-state index contributed by atoms with van der Waals surface area (Å²) in [4.78, 5) is 21.0. The van der Waals surface area contributed by atoms with Crippen molar-refractivity contribution < 1.29 is 14.3 Å². The van der Waals surface area contributed by atoms with Crippen LogP contribution in [0.25, 0.3) is 0 Å². The van der Waals surface area contributed by atoms with Crippen molar-refractivity contribution in [3.05, 3.63) is 54.2 Å². The monoisotopic (exact) mass is 449 g/mol. The molecule has 1 aliphatic heterocycles. The number of carbonyl (C=O) groups is 1. The molecule has 0 saturated carbocycles. The second kappa shape index (κ2) is 10.0. The molecule has 2 N–H and O–H groups in total. The maximum absolute atomic E-state index is 12.8. The fourth-order valence-electron chi connectivity index (χ4n) is 3.55. The van der Waals surface area contributed by atoms with E-state index in [4.69, 9.17) is 9.47 Å². The maximum Gasteiger partial charge on any atom is 0.322 e. The Balaban J connectivity index is 1.32. The van der Waals surface area contributed by atoms with E-state index in [1.54, 1.807) is 43.5 Å². The van der Waals surface area contributed by atoms with Crippen LogP contribution in [0.5, 0.6) is 11.5 Å². The molecule has 1 aromatic carbocycles. The van der Waals surface area contributed by atoms with Gasteiger partial charge < -0.3 is 29.9 Å². The Hall–Kier alpha value is -4.08. The minimum absolute atomic E-state index is 0.183. The van der Waals surface area contributed by atoms with E-state index in [0.717, 1.165) is 17.2 Å². The molecular formula is C23H27N7O3. The normalized spacial score (nSPS) is 13.4. The zero-order valence-corrected chi connectivity index (χ0v) is 18.9. The lowest BCUT2D eigenvalue weighted by Gasteiger charge is -2.35. The molecule has 10 nitrogen and oxygen atoms in total. The van der Waals surface area contributed by atoms with E-state index in [9.17, 15) is 4.79 Å². The molecule has 0 spiro atoms. The van der Waals surface area contributed by atoms with E-state index in [1.165, 1.54) is 0 Å². The first kappa shape index (κ1) is 22.1. The number of aryl methyl sites for hydroxylation is 1. The summed E-state index contributed by atoms with van der Waals surface area (Å²) in [6.07, 6.45) is 1.80. The minimum atomic E-state index is -0.183. The zero-order valence-electron chi connectivity index (χ0n) is 18.9. The Morgan fingerprint density at radius 2 is 1.73 bits per heavy atom. The number of carbonyl (C=O) groups excluding carboxylic acids is 1. The van der Waals surface area contributed by atoms with Gasteiger partial charge in [0.2, 0.25) is 0 Å². The number of piperazine rings is 1. The summed E-state index contributed by atoms with van der Waals surface area (Å²) < 4.78 is 10.7. The summed E-state index contributed by atoms with van der Waals surface area (Å²) in [6.45, 7) is 4.43. The van der Waals surface area contributed by atoms with Gasteiger partial charge in [-0.1, -0.05) is 12.1 Å². The summed E-state index contributed by atoms with van der Waals surface area (Å²) in [5, 5.41) is 14.6. The first-order chi connectivity index (χ1) is 16.1. The summed E-state index contributed by atoms with van der Waals surface area (Å²) in [6, 6.07) is 12.9. The first-order valence-electron chi connectivity index (χ1n) is 10.6. The molecule has 1 saturated heterocycles. The van der Waals surface area contributed by atoms with Crippen LogP contribution in [-0.2, 0) is 0 Å². The second-order valence-electron chi connectivity index (χ2n) is 7.57. The van der Waals surface area contributed by atoms with Gasteiger partial charge in [-0.15, -0.1) is 10.2 Å². The molecule has 1 fully saturated rings. The highest BCUT2D eigenvalue weighted by molar-refractivity contribution is 5.91. The van der Waals surface area contributed by atoms with E-state index in [2.05, 4.69) is 30.7 Å². The first-order valence-corrected chi connectivity index (χ1v) is 10.6. The van der Waals surface area contributed by atoms with Crippen LogP contribution in [0, 0.1) is 6.92 Å². The topological polar surface area (TPSA) is 105 Å². The third-order valence-electron chi connectivity index (χ3n) is 5.35. The number of anilines is 4. The molecule has 10 heteroatoms. The molecule has 0 aliphatic carbocycles. The number of amides is 2. The molecule has 2 aromatic heterocycles. The highest BCUT2D eigenvalue weighted by Gasteiger charge is 2.23. The minimum Gasteiger partial charge on any atom is -0.493 e. The number of aromatic nitrogens is 3. The lowest BCUT2D eigenvalue weighted by molar-refractivity contribution is 0.208. The largest absolute Gasteiger partial charge is 0.493 e. The van der Waals surface area contributed by atoms with Crippen molar-refractivity contribution in [1.82, 2.24) is 20.1 Å². The second-order valence-corrected chi connectivity index (χ2v) is 7.57. The molecule has 0 unspecified atom stereocenters. The van der Waals surface area contributed by atoms with E-state index in [1.807, 2.05) is 31.2 Å². The van der Waals surface area contributed by atoms with Gasteiger partial charge in [-0.05, 0) is 42.8 Å². The Morgan fingerprint density at radius 1 is 0.939 bits per heavy atom. The number of rotatable bonds is 6. The molecule has 0 radical (unpaired) electrons. The maximum atomic E-state index is 12.8. The number of urea groups is 1. The third-order valence-corrected chi connectivity index (χ3v) is 5.35. The van der Waals surface area contributed by atoms with Gasteiger partial charge in [-0.25, -0.2) is 9.78 Å². The SMILES string of the molecule is COc1cccc(NC(=O)N2CCN(c3ccc(Nc4ccc(C)cn4)nn3)CC2)c1OC. The molecule has 0 bridgehead atoms. The number of methoxy groups -OCH3 is 2. The van der Waals surface area contributed by atoms with Crippen LogP contribution in [0.2, 0.25) is 0 Å². The summed E-state index contributed by atoms with van der Waals surface area (Å²) in [7, 11) is 3.11. The van der Waals surface area contributed by atoms with Gasteiger partial charge in [0.15, 0.2) is 23.1 Å². The number of benzene rings is 1. The van der Waals surface area contributed by atoms with Crippen LogP contribution in [-0.4, -0.2) is 66.5 Å². The Morgan fingerprint density at radius 3 is 2.36 bits per heavy atom. The standard InChI is InChI=1S/C23H27N7O3/c1-16-7-8-19(24-15-16)26-20-9-10-21(28-27-20)29-11-13-30(14-12-29)23(31)25-17-5-4-6-18(32-2)22(17)33-3/h4-10,15H,11-14H2,1-3H3,(H,25,31)(H,24,26,27). The molecule has 3 aromatic rings. The van der Waals surface area contributed by atoms with Gasteiger partial charge in [0, 0.05) is 32.4 Å². The highest BCUT2D eigenvalue weighted by Crippen LogP contribution is 2.34. The van der Waals surface area contributed by atoms with Gasteiger partial charge in [0.1, 0.15) is 5.82 Å². The fourth-order valence-corrected chi connectivity index (χ4v) is 3.55. The van der Waals surface area contributed by atoms with E-state index in [0.29, 0.717) is 49.2 Å². The molecule has 3 heterocycles. The molecule has 4 rings (SSSR count). The van der Waals surface area contributed by atoms with Crippen molar-refractivity contribution in [3.63, 3.8) is 0 Å². The van der Waals surface area contributed by atoms with Gasteiger partial charge in [-0.2, -0.15) is 0 Å². The number of para-hydroxylation sites is 1. The van der Waals surface area contributed by atoms with Gasteiger partial charge in [0.05, 0.1) is 19.9 Å². The highest BCUT2D eigenvalue weighted by atomic mass is 16.5. The molecule has 1 aliphatic rings. The lowest BCUT2D eigenvalue weighted by atomic mass is 10.2. The van der Waals surface area contributed by atoms with E-state index < -0.39 is 0 Å². The van der Waals surface area contributed by atoms with Crippen molar-refractivity contribution in [2.75, 3.05) is 55.9 Å². The average molecular weight is 450 g/mol. The summed E-state index contributed by atoms with van der Waals surface area (Å²) >= 11 is 0. The number of nitrogens with zero attached hydrogens (tertiary/aromatic N) is 5. The molecule has 33 heavy (non-hydrogen) atoms. The number of hydrogen-bond acceptors (Lipinski definition) is 8. The summed E-state index contributed by atoms with van der Waals surface area (Å²) in [5.41, 5.74) is 1.67. The molecule has 172 valence electrons. The van der Waals surface area contributed by atoms with Crippen molar-refractivity contribution >= 4 is 29.2 Å². The van der Waals surface area contributed by atoms with Crippen LogP contribution in [0.1, 0.15) is 5.56 Å². The Kier molecular flexibility index (Phi) is 6.72. The predicted molar refractivity (Wildman–Crippen MR) is 127 cm³/mol.